The van der Waals surface area contributed by atoms with Crippen molar-refractivity contribution in [1.29, 1.82) is 0 Å². The molecule has 1 aliphatic carbocycles. The number of rotatable bonds is 4. The number of piperidine rings is 1. The van der Waals surface area contributed by atoms with E-state index in [-0.39, 0.29) is 6.04 Å². The summed E-state index contributed by atoms with van der Waals surface area (Å²) in [6, 6.07) is 0.185. The first kappa shape index (κ1) is 16.2. The van der Waals surface area contributed by atoms with Crippen LogP contribution < -0.4 is 5.73 Å². The topological polar surface area (TPSA) is 63.4 Å². The predicted molar refractivity (Wildman–Crippen MR) is 82.8 cm³/mol. The molecule has 1 heterocycles. The molecule has 1 saturated heterocycles. The van der Waals surface area contributed by atoms with Crippen molar-refractivity contribution in [3.8, 4) is 0 Å². The number of hydrogen-bond donors (Lipinski definition) is 1. The van der Waals surface area contributed by atoms with E-state index in [2.05, 4.69) is 27.7 Å². The zero-order valence-corrected chi connectivity index (χ0v) is 14.3. The second-order valence-corrected chi connectivity index (χ2v) is 9.93. The van der Waals surface area contributed by atoms with Crippen LogP contribution in [0.5, 0.6) is 0 Å². The summed E-state index contributed by atoms with van der Waals surface area (Å²) < 4.78 is 25.0. The van der Waals surface area contributed by atoms with Gasteiger partial charge in [0.2, 0.25) is 10.0 Å². The maximum Gasteiger partial charge on any atom is 0.211 e. The Labute approximate surface area is 124 Å². The van der Waals surface area contributed by atoms with Crippen LogP contribution in [0.1, 0.15) is 47.0 Å². The standard InChI is InChI=1S/C15H30N2O2S/c1-14(2)13(15(14,3)4)12(16)9-11-7-6-8-17(10-11)20(5,18)19/h11-13H,6-10,16H2,1-5H3. The fourth-order valence-corrected chi connectivity index (χ4v) is 5.30. The molecule has 20 heavy (non-hydrogen) atoms. The first-order chi connectivity index (χ1) is 8.98. The van der Waals surface area contributed by atoms with Crippen LogP contribution >= 0.6 is 0 Å². The van der Waals surface area contributed by atoms with E-state index in [1.54, 1.807) is 4.31 Å². The lowest BCUT2D eigenvalue weighted by atomic mass is 9.89. The molecule has 2 atom stereocenters. The van der Waals surface area contributed by atoms with Gasteiger partial charge in [0.1, 0.15) is 0 Å². The number of nitrogens with two attached hydrogens (primary N) is 1. The van der Waals surface area contributed by atoms with Gasteiger partial charge in [-0.3, -0.25) is 0 Å². The molecule has 0 radical (unpaired) electrons. The normalized spacial score (nSPS) is 32.0. The molecule has 0 aromatic carbocycles. The van der Waals surface area contributed by atoms with Gasteiger partial charge in [-0.2, -0.15) is 0 Å². The molecule has 2 N–H and O–H groups in total. The van der Waals surface area contributed by atoms with E-state index in [9.17, 15) is 8.42 Å². The van der Waals surface area contributed by atoms with E-state index in [0.29, 0.717) is 35.8 Å². The first-order valence-electron chi connectivity index (χ1n) is 7.68. The third kappa shape index (κ3) is 2.77. The maximum atomic E-state index is 11.7. The summed E-state index contributed by atoms with van der Waals surface area (Å²) in [5.74, 6) is 0.962. The monoisotopic (exact) mass is 302 g/mol. The van der Waals surface area contributed by atoms with Crippen molar-refractivity contribution in [2.24, 2.45) is 28.4 Å². The van der Waals surface area contributed by atoms with Gasteiger partial charge < -0.3 is 5.73 Å². The number of hydrogen-bond acceptors (Lipinski definition) is 3. The predicted octanol–water partition coefficient (Wildman–Crippen LogP) is 2.06. The van der Waals surface area contributed by atoms with Crippen molar-refractivity contribution in [1.82, 2.24) is 4.31 Å². The van der Waals surface area contributed by atoms with E-state index >= 15 is 0 Å². The highest BCUT2D eigenvalue weighted by molar-refractivity contribution is 7.88. The first-order valence-corrected chi connectivity index (χ1v) is 9.53. The lowest BCUT2D eigenvalue weighted by Gasteiger charge is -2.32. The summed E-state index contributed by atoms with van der Waals surface area (Å²) in [6.07, 6.45) is 4.32. The van der Waals surface area contributed by atoms with E-state index in [1.165, 1.54) is 6.26 Å². The molecule has 2 rings (SSSR count). The molecule has 0 aromatic rings. The molecule has 4 nitrogen and oxygen atoms in total. The molecule has 0 amide bonds. The zero-order chi connectivity index (χ0) is 15.3. The molecule has 2 fully saturated rings. The lowest BCUT2D eigenvalue weighted by molar-refractivity contribution is 0.236. The number of nitrogens with zero attached hydrogens (tertiary/aromatic N) is 1. The summed E-state index contributed by atoms with van der Waals surface area (Å²) in [7, 11) is -3.05. The highest BCUT2D eigenvalue weighted by atomic mass is 32.2. The third-order valence-corrected chi connectivity index (χ3v) is 7.39. The van der Waals surface area contributed by atoms with Gasteiger partial charge in [-0.25, -0.2) is 12.7 Å². The fraction of sp³-hybridized carbons (Fsp3) is 1.00. The Bertz CT molecular complexity index is 456. The van der Waals surface area contributed by atoms with Gasteiger partial charge in [-0.1, -0.05) is 27.7 Å². The maximum absolute atomic E-state index is 11.7. The second-order valence-electron chi connectivity index (χ2n) is 7.95. The van der Waals surface area contributed by atoms with Crippen molar-refractivity contribution in [2.45, 2.75) is 53.0 Å². The van der Waals surface area contributed by atoms with Crippen molar-refractivity contribution >= 4 is 10.0 Å². The zero-order valence-electron chi connectivity index (χ0n) is 13.5. The molecule has 2 unspecified atom stereocenters. The minimum atomic E-state index is -3.05. The summed E-state index contributed by atoms with van der Waals surface area (Å²) in [5.41, 5.74) is 7.05. The molecular weight excluding hydrogens is 272 g/mol. The Balaban J connectivity index is 1.94. The van der Waals surface area contributed by atoms with Crippen LogP contribution in [0, 0.1) is 22.7 Å². The van der Waals surface area contributed by atoms with E-state index in [0.717, 1.165) is 19.3 Å². The van der Waals surface area contributed by atoms with Crippen molar-refractivity contribution in [2.75, 3.05) is 19.3 Å². The van der Waals surface area contributed by atoms with Crippen LogP contribution in [0.3, 0.4) is 0 Å². The third-order valence-electron chi connectivity index (χ3n) is 6.12. The molecule has 5 heteroatoms. The van der Waals surface area contributed by atoms with Crippen LogP contribution in [0.15, 0.2) is 0 Å². The van der Waals surface area contributed by atoms with Crippen molar-refractivity contribution in [3.63, 3.8) is 0 Å². The van der Waals surface area contributed by atoms with Crippen molar-refractivity contribution < 1.29 is 8.42 Å². The average Bonchev–Trinajstić information content (AvgIpc) is 2.68. The van der Waals surface area contributed by atoms with Crippen LogP contribution in [0.2, 0.25) is 0 Å². The highest BCUT2D eigenvalue weighted by Gasteiger charge is 2.66. The minimum Gasteiger partial charge on any atom is -0.327 e. The second kappa shape index (κ2) is 4.96. The minimum absolute atomic E-state index is 0.185. The molecular formula is C15H30N2O2S. The fourth-order valence-electron chi connectivity index (χ4n) is 4.36. The average molecular weight is 302 g/mol. The van der Waals surface area contributed by atoms with Gasteiger partial charge >= 0.3 is 0 Å². The molecule has 1 saturated carbocycles. The molecule has 1 aliphatic heterocycles. The largest absolute Gasteiger partial charge is 0.327 e. The molecule has 0 aromatic heterocycles. The molecule has 2 aliphatic rings. The molecule has 0 bridgehead atoms. The summed E-state index contributed by atoms with van der Waals surface area (Å²) in [5, 5.41) is 0. The Hall–Kier alpha value is -0.130. The lowest BCUT2D eigenvalue weighted by Crippen LogP contribution is -2.41. The Morgan fingerprint density at radius 2 is 1.80 bits per heavy atom. The van der Waals surface area contributed by atoms with E-state index < -0.39 is 10.0 Å². The van der Waals surface area contributed by atoms with Gasteiger partial charge in [-0.05, 0) is 41.9 Å². The molecule has 118 valence electrons. The van der Waals surface area contributed by atoms with E-state index in [1.807, 2.05) is 0 Å². The van der Waals surface area contributed by atoms with Crippen LogP contribution in [0.25, 0.3) is 0 Å². The molecule has 0 spiro atoms. The quantitative estimate of drug-likeness (QED) is 0.864. The van der Waals surface area contributed by atoms with Gasteiger partial charge in [0.05, 0.1) is 6.26 Å². The Morgan fingerprint density at radius 3 is 2.25 bits per heavy atom. The summed E-state index contributed by atoms with van der Waals surface area (Å²) in [4.78, 5) is 0. The Morgan fingerprint density at radius 1 is 1.25 bits per heavy atom. The van der Waals surface area contributed by atoms with Crippen LogP contribution in [0.4, 0.5) is 0 Å². The van der Waals surface area contributed by atoms with Gasteiger partial charge in [0.25, 0.3) is 0 Å². The summed E-state index contributed by atoms with van der Waals surface area (Å²) >= 11 is 0. The van der Waals surface area contributed by atoms with Crippen LogP contribution in [-0.4, -0.2) is 38.1 Å². The summed E-state index contributed by atoms with van der Waals surface area (Å²) in [6.45, 7) is 10.5. The van der Waals surface area contributed by atoms with Gasteiger partial charge in [0.15, 0.2) is 0 Å². The van der Waals surface area contributed by atoms with Crippen molar-refractivity contribution in [3.05, 3.63) is 0 Å². The van der Waals surface area contributed by atoms with Gasteiger partial charge in [0, 0.05) is 19.1 Å². The van der Waals surface area contributed by atoms with E-state index in [4.69, 9.17) is 5.73 Å². The van der Waals surface area contributed by atoms with Crippen LogP contribution in [-0.2, 0) is 10.0 Å². The van der Waals surface area contributed by atoms with Gasteiger partial charge in [-0.15, -0.1) is 0 Å². The number of sulfonamides is 1. The smallest absolute Gasteiger partial charge is 0.211 e. The SMILES string of the molecule is CC1(C)C(C(N)CC2CCCN(S(C)(=O)=O)C2)C1(C)C. The Kier molecular flexibility index (Phi) is 4.03. The highest BCUT2D eigenvalue weighted by Crippen LogP contribution is 2.69.